The van der Waals surface area contributed by atoms with Gasteiger partial charge in [-0.25, -0.2) is 13.6 Å². The number of nitrogens with zero attached hydrogens (tertiary/aromatic N) is 2. The Balaban J connectivity index is 0.00000361. The molecule has 4 rings (SSSR count). The number of H-pyrrole nitrogens is 1. The van der Waals surface area contributed by atoms with Crippen LogP contribution >= 0.6 is 36.7 Å². The highest BCUT2D eigenvalue weighted by molar-refractivity contribution is 7.59. The minimum atomic E-state index is -3.22. The zero-order valence-corrected chi connectivity index (χ0v) is 20.6. The smallest absolute Gasteiger partial charge is 0.349 e. The Morgan fingerprint density at radius 2 is 1.94 bits per heavy atom. The molecule has 3 aromatic rings. The lowest BCUT2D eigenvalue weighted by atomic mass is 10.1. The van der Waals surface area contributed by atoms with Crippen LogP contribution in [0.5, 0.6) is 17.2 Å². The van der Waals surface area contributed by atoms with Crippen molar-refractivity contribution in [1.29, 1.82) is 0 Å². The molecule has 2 heterocycles. The van der Waals surface area contributed by atoms with Crippen molar-refractivity contribution in [1.82, 2.24) is 20.1 Å². The van der Waals surface area contributed by atoms with E-state index in [0.29, 0.717) is 24.3 Å². The molecule has 0 radical (unpaired) electrons. The summed E-state index contributed by atoms with van der Waals surface area (Å²) < 4.78 is 37.5. The van der Waals surface area contributed by atoms with Crippen molar-refractivity contribution in [3.63, 3.8) is 0 Å². The van der Waals surface area contributed by atoms with Crippen molar-refractivity contribution in [3.8, 4) is 22.9 Å². The lowest BCUT2D eigenvalue weighted by molar-refractivity contribution is 0.0927. The van der Waals surface area contributed by atoms with Gasteiger partial charge in [0.05, 0.1) is 33.9 Å². The number of aromatic nitrogens is 3. The number of amides is 1. The van der Waals surface area contributed by atoms with Gasteiger partial charge in [-0.15, -0.1) is 0 Å². The first-order valence-corrected chi connectivity index (χ1v) is 10.8. The Kier molecular flexibility index (Phi) is 8.61. The maximum Gasteiger partial charge on any atom is 0.349 e. The molecule has 0 unspecified atom stereocenters. The van der Waals surface area contributed by atoms with Crippen molar-refractivity contribution >= 4 is 42.6 Å². The Hall–Kier alpha value is -3.13. The summed E-state index contributed by atoms with van der Waals surface area (Å²) in [6, 6.07) is 6.05. The minimum Gasteiger partial charge on any atom is -0.507 e. The van der Waals surface area contributed by atoms with E-state index in [2.05, 4.69) is 10.4 Å². The highest BCUT2D eigenvalue weighted by atomic mass is 35.5. The average molecular weight is 563 g/mol. The number of aromatic hydroxyl groups is 1. The highest BCUT2D eigenvalue weighted by Gasteiger charge is 2.22. The molecule has 192 valence electrons. The maximum atomic E-state index is 13.0. The first kappa shape index (κ1) is 27.5. The van der Waals surface area contributed by atoms with E-state index < -0.39 is 29.3 Å². The molecule has 36 heavy (non-hydrogen) atoms. The molecule has 15 heteroatoms. The topological polar surface area (TPSA) is 136 Å². The van der Waals surface area contributed by atoms with Gasteiger partial charge in [0.1, 0.15) is 11.5 Å². The van der Waals surface area contributed by atoms with Gasteiger partial charge in [0.25, 0.3) is 17.9 Å². The van der Waals surface area contributed by atoms with Crippen molar-refractivity contribution in [3.05, 3.63) is 72.5 Å². The van der Waals surface area contributed by atoms with E-state index in [1.807, 2.05) is 0 Å². The summed E-state index contributed by atoms with van der Waals surface area (Å²) >= 11 is 12.5. The molecule has 0 spiro atoms. The number of halogens is 4. The summed E-state index contributed by atoms with van der Waals surface area (Å²) in [5, 5.41) is 16.0. The Morgan fingerprint density at radius 1 is 1.25 bits per heavy atom. The monoisotopic (exact) mass is 562 g/mol. The van der Waals surface area contributed by atoms with Crippen LogP contribution in [0.4, 0.5) is 8.78 Å². The normalized spacial score (nSPS) is 15.0. The number of carbonyl (C=O) groups excluding carboxylic acids is 1. The third-order valence-corrected chi connectivity index (χ3v) is 5.55. The minimum absolute atomic E-state index is 0. The molecule has 0 saturated carbocycles. The molecule has 1 aliphatic rings. The number of alkyl halides is 2. The second-order valence-corrected chi connectivity index (χ2v) is 8.22. The summed E-state index contributed by atoms with van der Waals surface area (Å²) in [4.78, 5) is 37.9. The van der Waals surface area contributed by atoms with Crippen LogP contribution in [-0.2, 0) is 4.74 Å². The first-order chi connectivity index (χ1) is 16.6. The molecule has 0 bridgehead atoms. The molecule has 1 saturated heterocycles. The SMILES string of the molecule is O=C(N[C@H]1CCOC1)c1cc(Oc2c(Cl)cc(-n3nc(C(F)F)c(=O)[nH]c3=O)cc2Cl)ccc1O.S. The van der Waals surface area contributed by atoms with E-state index in [1.54, 1.807) is 4.98 Å². The van der Waals surface area contributed by atoms with Crippen LogP contribution < -0.4 is 21.3 Å². The van der Waals surface area contributed by atoms with Gasteiger partial charge in [-0.05, 0) is 36.8 Å². The number of benzene rings is 2. The van der Waals surface area contributed by atoms with Crippen LogP contribution in [0.25, 0.3) is 5.69 Å². The van der Waals surface area contributed by atoms with Crippen LogP contribution in [0.3, 0.4) is 0 Å². The van der Waals surface area contributed by atoms with Crippen molar-refractivity contribution in [2.75, 3.05) is 13.2 Å². The lowest BCUT2D eigenvalue weighted by Crippen LogP contribution is -2.35. The number of phenolic OH excluding ortho intramolecular Hbond substituents is 1. The predicted molar refractivity (Wildman–Crippen MR) is 131 cm³/mol. The van der Waals surface area contributed by atoms with Gasteiger partial charge in [-0.2, -0.15) is 23.3 Å². The summed E-state index contributed by atoms with van der Waals surface area (Å²) in [6.45, 7) is 0.892. The van der Waals surface area contributed by atoms with Crippen LogP contribution in [0.2, 0.25) is 10.0 Å². The average Bonchev–Trinajstić information content (AvgIpc) is 3.30. The van der Waals surface area contributed by atoms with E-state index in [0.717, 1.165) is 0 Å². The van der Waals surface area contributed by atoms with E-state index in [4.69, 9.17) is 32.7 Å². The van der Waals surface area contributed by atoms with E-state index in [-0.39, 0.29) is 58.1 Å². The number of rotatable bonds is 6. The summed E-state index contributed by atoms with van der Waals surface area (Å²) in [6.07, 6.45) is -2.58. The molecule has 3 N–H and O–H groups in total. The quantitative estimate of drug-likeness (QED) is 0.419. The van der Waals surface area contributed by atoms with Crippen molar-refractivity contribution in [2.45, 2.75) is 18.9 Å². The zero-order valence-electron chi connectivity index (χ0n) is 18.1. The lowest BCUT2D eigenvalue weighted by Gasteiger charge is -2.15. The van der Waals surface area contributed by atoms with E-state index in [1.165, 1.54) is 30.3 Å². The number of carbonyl (C=O) groups is 1. The largest absolute Gasteiger partial charge is 0.507 e. The number of aromatic amines is 1. The van der Waals surface area contributed by atoms with Gasteiger partial charge in [-0.3, -0.25) is 14.6 Å². The zero-order chi connectivity index (χ0) is 25.3. The summed E-state index contributed by atoms with van der Waals surface area (Å²) in [5.74, 6) is -0.787. The molecule has 1 aromatic heterocycles. The van der Waals surface area contributed by atoms with Gasteiger partial charge in [0, 0.05) is 6.61 Å². The Labute approximate surface area is 218 Å². The van der Waals surface area contributed by atoms with Crippen LogP contribution in [-0.4, -0.2) is 45.0 Å². The molecule has 2 aromatic carbocycles. The fourth-order valence-corrected chi connectivity index (χ4v) is 3.84. The Bertz CT molecular complexity index is 1390. The summed E-state index contributed by atoms with van der Waals surface area (Å²) in [7, 11) is 0. The third kappa shape index (κ3) is 5.81. The number of phenols is 1. The number of hydrogen-bond donors (Lipinski definition) is 3. The fraction of sp³-hybridized carbons (Fsp3) is 0.238. The molecule has 0 aliphatic carbocycles. The second-order valence-electron chi connectivity index (χ2n) is 7.41. The standard InChI is InChI=1S/C21H16Cl2F2N4O6.H2S/c22-13-5-10(29-21(33)27-20(32)16(28-29)18(24)25)6-14(23)17(13)35-11-1-2-15(30)12(7-11)19(31)26-9-3-4-34-8-9;/h1-2,5-7,9,18,30H,3-4,8H2,(H,26,31)(H,27,32,33);1H2/t9-;/m0./s1. The van der Waals surface area contributed by atoms with Crippen LogP contribution in [0.15, 0.2) is 39.9 Å². The number of nitrogens with one attached hydrogen (secondary N) is 2. The molecule has 1 amide bonds. The fourth-order valence-electron chi connectivity index (χ4n) is 3.29. The highest BCUT2D eigenvalue weighted by Crippen LogP contribution is 2.39. The van der Waals surface area contributed by atoms with Gasteiger partial charge in [-0.1, -0.05) is 23.2 Å². The van der Waals surface area contributed by atoms with Gasteiger partial charge < -0.3 is 19.9 Å². The maximum absolute atomic E-state index is 13.0. The Morgan fingerprint density at radius 3 is 2.56 bits per heavy atom. The number of ether oxygens (including phenoxy) is 2. The molecule has 1 aliphatic heterocycles. The molecule has 1 atom stereocenters. The van der Waals surface area contributed by atoms with Crippen molar-refractivity contribution < 1.29 is 28.2 Å². The number of hydrogen-bond acceptors (Lipinski definition) is 7. The summed E-state index contributed by atoms with van der Waals surface area (Å²) in [5.41, 5.74) is -3.72. The molecular formula is C21H18Cl2F2N4O6S. The van der Waals surface area contributed by atoms with E-state index >= 15 is 0 Å². The van der Waals surface area contributed by atoms with Crippen molar-refractivity contribution in [2.24, 2.45) is 0 Å². The molecular weight excluding hydrogens is 545 g/mol. The second kappa shape index (κ2) is 11.3. The van der Waals surface area contributed by atoms with Crippen LogP contribution in [0.1, 0.15) is 28.9 Å². The molecule has 1 fully saturated rings. The van der Waals surface area contributed by atoms with Gasteiger partial charge >= 0.3 is 5.69 Å². The van der Waals surface area contributed by atoms with Gasteiger partial charge in [0.15, 0.2) is 11.4 Å². The third-order valence-electron chi connectivity index (χ3n) is 4.98. The first-order valence-electron chi connectivity index (χ1n) is 10.0. The predicted octanol–water partition coefficient (Wildman–Crippen LogP) is 3.29. The van der Waals surface area contributed by atoms with E-state index in [9.17, 15) is 28.3 Å². The van der Waals surface area contributed by atoms with Gasteiger partial charge in [0.2, 0.25) is 0 Å². The van der Waals surface area contributed by atoms with Crippen LogP contribution in [0, 0.1) is 0 Å². The molecule has 10 nitrogen and oxygen atoms in total.